The molecule has 0 spiro atoms. The van der Waals surface area contributed by atoms with Gasteiger partial charge >= 0.3 is 0 Å². The van der Waals surface area contributed by atoms with Gasteiger partial charge in [0.05, 0.1) is 13.2 Å². The molecule has 0 bridgehead atoms. The molecule has 1 aromatic carbocycles. The number of benzene rings is 1. The number of rotatable bonds is 11. The summed E-state index contributed by atoms with van der Waals surface area (Å²) in [4.78, 5) is 0. The topological polar surface area (TPSA) is 39.7 Å². The third kappa shape index (κ3) is 7.46. The standard InChI is InChI=1S/C17H29NO3/c1-14-12-15(2)17(16(3)13-14)21-11-10-20-9-7-18-6-5-8-19-4/h12-13,18H,5-11H2,1-4H3. The second-order valence-electron chi connectivity index (χ2n) is 5.29. The lowest BCUT2D eigenvalue weighted by Gasteiger charge is -2.13. The molecular formula is C17H29NO3. The molecule has 0 fully saturated rings. The lowest BCUT2D eigenvalue weighted by Crippen LogP contribution is -2.22. The summed E-state index contributed by atoms with van der Waals surface area (Å²) < 4.78 is 16.3. The molecule has 0 heterocycles. The molecule has 1 rings (SSSR count). The van der Waals surface area contributed by atoms with E-state index in [2.05, 4.69) is 38.2 Å². The van der Waals surface area contributed by atoms with Gasteiger partial charge in [-0.15, -0.1) is 0 Å². The van der Waals surface area contributed by atoms with E-state index < -0.39 is 0 Å². The lowest BCUT2D eigenvalue weighted by molar-refractivity contribution is 0.101. The van der Waals surface area contributed by atoms with Crippen molar-refractivity contribution in [3.8, 4) is 5.75 Å². The predicted molar refractivity (Wildman–Crippen MR) is 86.3 cm³/mol. The van der Waals surface area contributed by atoms with Crippen LogP contribution in [0.3, 0.4) is 0 Å². The summed E-state index contributed by atoms with van der Waals surface area (Å²) in [5.41, 5.74) is 3.65. The summed E-state index contributed by atoms with van der Waals surface area (Å²) in [6, 6.07) is 4.29. The summed E-state index contributed by atoms with van der Waals surface area (Å²) in [6.45, 7) is 10.8. The minimum atomic E-state index is 0.592. The molecular weight excluding hydrogens is 266 g/mol. The van der Waals surface area contributed by atoms with E-state index in [4.69, 9.17) is 14.2 Å². The molecule has 1 aromatic rings. The van der Waals surface area contributed by atoms with Gasteiger partial charge in [0.15, 0.2) is 0 Å². The fourth-order valence-electron chi connectivity index (χ4n) is 2.31. The number of aryl methyl sites for hydroxylation is 3. The molecule has 0 aromatic heterocycles. The van der Waals surface area contributed by atoms with Crippen LogP contribution in [0.15, 0.2) is 12.1 Å². The monoisotopic (exact) mass is 295 g/mol. The Morgan fingerprint density at radius 1 is 0.905 bits per heavy atom. The fourth-order valence-corrected chi connectivity index (χ4v) is 2.31. The van der Waals surface area contributed by atoms with Crippen LogP contribution in [0, 0.1) is 20.8 Å². The number of hydrogen-bond donors (Lipinski definition) is 1. The Morgan fingerprint density at radius 2 is 1.62 bits per heavy atom. The molecule has 21 heavy (non-hydrogen) atoms. The predicted octanol–water partition coefficient (Wildman–Crippen LogP) is 2.63. The quantitative estimate of drug-likeness (QED) is 0.637. The molecule has 0 aliphatic carbocycles. The highest BCUT2D eigenvalue weighted by atomic mass is 16.5. The van der Waals surface area contributed by atoms with Gasteiger partial charge < -0.3 is 19.5 Å². The number of nitrogens with one attached hydrogen (secondary N) is 1. The summed E-state index contributed by atoms with van der Waals surface area (Å²) in [5.74, 6) is 0.988. The molecule has 0 saturated carbocycles. The molecule has 0 radical (unpaired) electrons. The zero-order valence-electron chi connectivity index (χ0n) is 13.8. The molecule has 0 unspecified atom stereocenters. The van der Waals surface area contributed by atoms with E-state index in [-0.39, 0.29) is 0 Å². The van der Waals surface area contributed by atoms with E-state index in [9.17, 15) is 0 Å². The molecule has 4 nitrogen and oxygen atoms in total. The van der Waals surface area contributed by atoms with Crippen LogP contribution in [-0.2, 0) is 9.47 Å². The summed E-state index contributed by atoms with van der Waals surface area (Å²) in [5, 5.41) is 3.31. The maximum atomic E-state index is 5.82. The Balaban J connectivity index is 2.07. The van der Waals surface area contributed by atoms with E-state index in [0.29, 0.717) is 19.8 Å². The van der Waals surface area contributed by atoms with Crippen LogP contribution >= 0.6 is 0 Å². The Morgan fingerprint density at radius 3 is 2.29 bits per heavy atom. The largest absolute Gasteiger partial charge is 0.491 e. The van der Waals surface area contributed by atoms with Gasteiger partial charge in [-0.25, -0.2) is 0 Å². The van der Waals surface area contributed by atoms with Crippen molar-refractivity contribution in [3.05, 3.63) is 28.8 Å². The van der Waals surface area contributed by atoms with Crippen LogP contribution < -0.4 is 10.1 Å². The zero-order chi connectivity index (χ0) is 15.5. The van der Waals surface area contributed by atoms with Crippen LogP contribution in [-0.4, -0.2) is 46.6 Å². The van der Waals surface area contributed by atoms with Crippen molar-refractivity contribution >= 4 is 0 Å². The van der Waals surface area contributed by atoms with Crippen molar-refractivity contribution in [3.63, 3.8) is 0 Å². The van der Waals surface area contributed by atoms with E-state index in [1.54, 1.807) is 7.11 Å². The molecule has 0 atom stereocenters. The highest BCUT2D eigenvalue weighted by Gasteiger charge is 2.04. The van der Waals surface area contributed by atoms with Crippen molar-refractivity contribution in [2.24, 2.45) is 0 Å². The van der Waals surface area contributed by atoms with E-state index in [1.165, 1.54) is 16.7 Å². The smallest absolute Gasteiger partial charge is 0.125 e. The van der Waals surface area contributed by atoms with Crippen molar-refractivity contribution in [1.29, 1.82) is 0 Å². The maximum absolute atomic E-state index is 5.82. The number of ether oxygens (including phenoxy) is 3. The summed E-state index contributed by atoms with van der Waals surface area (Å²) >= 11 is 0. The van der Waals surface area contributed by atoms with Crippen LogP contribution in [0.5, 0.6) is 5.75 Å². The Bertz CT molecular complexity index is 384. The maximum Gasteiger partial charge on any atom is 0.125 e. The third-order valence-corrected chi connectivity index (χ3v) is 3.20. The third-order valence-electron chi connectivity index (χ3n) is 3.20. The minimum absolute atomic E-state index is 0.592. The number of hydrogen-bond acceptors (Lipinski definition) is 4. The van der Waals surface area contributed by atoms with Crippen LogP contribution in [0.2, 0.25) is 0 Å². The molecule has 120 valence electrons. The Kier molecular flexibility index (Phi) is 9.06. The first-order chi connectivity index (χ1) is 10.1. The SMILES string of the molecule is COCCCNCCOCCOc1c(C)cc(C)cc1C. The first-order valence-corrected chi connectivity index (χ1v) is 7.63. The van der Waals surface area contributed by atoms with Crippen LogP contribution in [0.1, 0.15) is 23.1 Å². The van der Waals surface area contributed by atoms with Crippen molar-refractivity contribution in [2.75, 3.05) is 46.6 Å². The van der Waals surface area contributed by atoms with Gasteiger partial charge in [0.25, 0.3) is 0 Å². The molecule has 0 aliphatic rings. The second-order valence-corrected chi connectivity index (χ2v) is 5.29. The van der Waals surface area contributed by atoms with Crippen molar-refractivity contribution in [1.82, 2.24) is 5.32 Å². The Hall–Kier alpha value is -1.10. The Labute approximate surface area is 128 Å². The van der Waals surface area contributed by atoms with Crippen molar-refractivity contribution < 1.29 is 14.2 Å². The average molecular weight is 295 g/mol. The van der Waals surface area contributed by atoms with Gasteiger partial charge in [0.1, 0.15) is 12.4 Å². The lowest BCUT2D eigenvalue weighted by atomic mass is 10.1. The average Bonchev–Trinajstić information content (AvgIpc) is 2.43. The number of methoxy groups -OCH3 is 1. The molecule has 0 amide bonds. The van der Waals surface area contributed by atoms with E-state index in [0.717, 1.165) is 31.9 Å². The first kappa shape index (κ1) is 18.0. The molecule has 1 N–H and O–H groups in total. The van der Waals surface area contributed by atoms with Gasteiger partial charge in [0, 0.05) is 20.3 Å². The van der Waals surface area contributed by atoms with Crippen molar-refractivity contribution in [2.45, 2.75) is 27.2 Å². The highest BCUT2D eigenvalue weighted by Crippen LogP contribution is 2.24. The molecule has 0 aliphatic heterocycles. The normalized spacial score (nSPS) is 10.9. The van der Waals surface area contributed by atoms with Crippen LogP contribution in [0.4, 0.5) is 0 Å². The first-order valence-electron chi connectivity index (χ1n) is 7.63. The van der Waals surface area contributed by atoms with Gasteiger partial charge in [0.2, 0.25) is 0 Å². The van der Waals surface area contributed by atoms with Gasteiger partial charge in [-0.1, -0.05) is 17.7 Å². The zero-order valence-corrected chi connectivity index (χ0v) is 13.8. The van der Waals surface area contributed by atoms with E-state index in [1.807, 2.05) is 0 Å². The van der Waals surface area contributed by atoms with E-state index >= 15 is 0 Å². The summed E-state index contributed by atoms with van der Waals surface area (Å²) in [6.07, 6.45) is 1.03. The minimum Gasteiger partial charge on any atom is -0.491 e. The van der Waals surface area contributed by atoms with Crippen LogP contribution in [0.25, 0.3) is 0 Å². The second kappa shape index (κ2) is 10.6. The highest BCUT2D eigenvalue weighted by molar-refractivity contribution is 5.42. The molecule has 4 heteroatoms. The summed E-state index contributed by atoms with van der Waals surface area (Å²) in [7, 11) is 1.72. The fraction of sp³-hybridized carbons (Fsp3) is 0.647. The van der Waals surface area contributed by atoms with Gasteiger partial charge in [-0.2, -0.15) is 0 Å². The van der Waals surface area contributed by atoms with Gasteiger partial charge in [-0.05, 0) is 44.9 Å². The van der Waals surface area contributed by atoms with Gasteiger partial charge in [-0.3, -0.25) is 0 Å². The molecule has 0 saturated heterocycles.